The predicted octanol–water partition coefficient (Wildman–Crippen LogP) is -0.932. The van der Waals surface area contributed by atoms with Gasteiger partial charge in [-0.25, -0.2) is 8.42 Å². The van der Waals surface area contributed by atoms with Gasteiger partial charge in [0.1, 0.15) is 0 Å². The number of piperidine rings is 1. The molecule has 0 amide bonds. The number of rotatable bonds is 5. The molecule has 1 atom stereocenters. The molecule has 2 heterocycles. The van der Waals surface area contributed by atoms with Crippen LogP contribution in [0.5, 0.6) is 0 Å². The van der Waals surface area contributed by atoms with E-state index in [-0.39, 0.29) is 18.4 Å². The molecule has 2 N–H and O–H groups in total. The minimum Gasteiger partial charge on any atom is -0.395 e. The maximum Gasteiger partial charge on any atom is 0.215 e. The zero-order valence-electron chi connectivity index (χ0n) is 11.4. The Bertz CT molecular complexity index is 360. The second-order valence-corrected chi connectivity index (χ2v) is 7.40. The third kappa shape index (κ3) is 4.39. The number of sulfonamides is 1. The fourth-order valence-electron chi connectivity index (χ4n) is 2.80. The molecule has 2 rings (SSSR count). The Morgan fingerprint density at radius 1 is 1.16 bits per heavy atom. The number of nitrogens with one attached hydrogen (secondary N) is 1. The highest BCUT2D eigenvalue weighted by Crippen LogP contribution is 2.13. The van der Waals surface area contributed by atoms with Crippen LogP contribution >= 0.6 is 0 Å². The molecule has 2 saturated heterocycles. The minimum absolute atomic E-state index is 0.120. The molecule has 2 fully saturated rings. The van der Waals surface area contributed by atoms with E-state index in [1.54, 1.807) is 4.31 Å². The van der Waals surface area contributed by atoms with Crippen LogP contribution in [0.1, 0.15) is 19.3 Å². The van der Waals surface area contributed by atoms with Gasteiger partial charge in [0.2, 0.25) is 10.0 Å². The van der Waals surface area contributed by atoms with Gasteiger partial charge in [0.05, 0.1) is 12.4 Å². The molecule has 112 valence electrons. The number of piperazine rings is 1. The first kappa shape index (κ1) is 15.2. The second-order valence-electron chi connectivity index (χ2n) is 5.39. The summed E-state index contributed by atoms with van der Waals surface area (Å²) in [5, 5.41) is 12.2. The fraction of sp³-hybridized carbons (Fsp3) is 1.00. The van der Waals surface area contributed by atoms with Crippen molar-refractivity contribution in [3.63, 3.8) is 0 Å². The van der Waals surface area contributed by atoms with Crippen molar-refractivity contribution in [3.05, 3.63) is 0 Å². The fourth-order valence-corrected chi connectivity index (χ4v) is 4.52. The van der Waals surface area contributed by atoms with Gasteiger partial charge in [-0.15, -0.1) is 0 Å². The highest BCUT2D eigenvalue weighted by Gasteiger charge is 2.29. The molecule has 0 bridgehead atoms. The molecule has 2 aliphatic rings. The third-order valence-corrected chi connectivity index (χ3v) is 5.94. The summed E-state index contributed by atoms with van der Waals surface area (Å²) in [6.07, 6.45) is 3.23. The summed E-state index contributed by atoms with van der Waals surface area (Å²) >= 11 is 0. The Hall–Kier alpha value is -0.210. The van der Waals surface area contributed by atoms with Gasteiger partial charge in [0.15, 0.2) is 0 Å². The van der Waals surface area contributed by atoms with Crippen LogP contribution in [0, 0.1) is 0 Å². The maximum atomic E-state index is 12.3. The SMILES string of the molecule is O=S(=O)(CC1CCCCN1)N1CCN(CCO)CC1. The van der Waals surface area contributed by atoms with E-state index in [0.29, 0.717) is 19.6 Å². The van der Waals surface area contributed by atoms with Crippen molar-refractivity contribution in [1.29, 1.82) is 0 Å². The van der Waals surface area contributed by atoms with Crippen molar-refractivity contribution >= 4 is 10.0 Å². The lowest BCUT2D eigenvalue weighted by Gasteiger charge is -2.34. The van der Waals surface area contributed by atoms with Crippen molar-refractivity contribution in [3.8, 4) is 0 Å². The van der Waals surface area contributed by atoms with E-state index in [9.17, 15) is 8.42 Å². The Kier molecular flexibility index (Phi) is 5.58. The van der Waals surface area contributed by atoms with Crippen LogP contribution in [-0.2, 0) is 10.0 Å². The molecule has 0 aliphatic carbocycles. The van der Waals surface area contributed by atoms with Crippen LogP contribution in [0.25, 0.3) is 0 Å². The molecule has 0 saturated carbocycles. The minimum atomic E-state index is -3.14. The van der Waals surface area contributed by atoms with E-state index in [4.69, 9.17) is 5.11 Å². The largest absolute Gasteiger partial charge is 0.395 e. The average molecular weight is 291 g/mol. The zero-order chi connectivity index (χ0) is 13.7. The molecule has 2 aliphatic heterocycles. The summed E-state index contributed by atoms with van der Waals surface area (Å²) in [6, 6.07) is 0.120. The normalized spacial score (nSPS) is 27.5. The van der Waals surface area contributed by atoms with Gasteiger partial charge in [-0.05, 0) is 19.4 Å². The van der Waals surface area contributed by atoms with Gasteiger partial charge < -0.3 is 10.4 Å². The summed E-state index contributed by atoms with van der Waals surface area (Å²) in [4.78, 5) is 2.10. The van der Waals surface area contributed by atoms with Crippen molar-refractivity contribution in [2.75, 3.05) is 51.6 Å². The first-order valence-corrected chi connectivity index (χ1v) is 8.77. The number of nitrogens with zero attached hydrogens (tertiary/aromatic N) is 2. The van der Waals surface area contributed by atoms with Crippen LogP contribution in [0.15, 0.2) is 0 Å². The summed E-state index contributed by atoms with van der Waals surface area (Å²) in [7, 11) is -3.14. The van der Waals surface area contributed by atoms with Crippen LogP contribution in [0.4, 0.5) is 0 Å². The first-order chi connectivity index (χ1) is 9.12. The van der Waals surface area contributed by atoms with Crippen molar-refractivity contribution in [2.24, 2.45) is 0 Å². The Balaban J connectivity index is 1.83. The quantitative estimate of drug-likeness (QED) is 0.684. The van der Waals surface area contributed by atoms with Gasteiger partial charge >= 0.3 is 0 Å². The Morgan fingerprint density at radius 3 is 2.47 bits per heavy atom. The summed E-state index contributed by atoms with van der Waals surface area (Å²) in [5.41, 5.74) is 0. The second kappa shape index (κ2) is 6.99. The number of hydrogen-bond donors (Lipinski definition) is 2. The summed E-state index contributed by atoms with van der Waals surface area (Å²) < 4.78 is 26.3. The lowest BCUT2D eigenvalue weighted by Crippen LogP contribution is -2.52. The van der Waals surface area contributed by atoms with Crippen LogP contribution in [-0.4, -0.2) is 80.4 Å². The van der Waals surface area contributed by atoms with E-state index in [2.05, 4.69) is 10.2 Å². The molecule has 7 heteroatoms. The monoisotopic (exact) mass is 291 g/mol. The topological polar surface area (TPSA) is 72.9 Å². The van der Waals surface area contributed by atoms with Gasteiger partial charge in [0.25, 0.3) is 0 Å². The maximum absolute atomic E-state index is 12.3. The smallest absolute Gasteiger partial charge is 0.215 e. The van der Waals surface area contributed by atoms with Crippen molar-refractivity contribution < 1.29 is 13.5 Å². The lowest BCUT2D eigenvalue weighted by atomic mass is 10.1. The molecule has 0 aromatic carbocycles. The highest BCUT2D eigenvalue weighted by molar-refractivity contribution is 7.89. The summed E-state index contributed by atoms with van der Waals surface area (Å²) in [5.74, 6) is 0.229. The number of aliphatic hydroxyl groups is 1. The van der Waals surface area contributed by atoms with Gasteiger partial charge in [0, 0.05) is 38.8 Å². The molecule has 6 nitrogen and oxygen atoms in total. The molecular weight excluding hydrogens is 266 g/mol. The Morgan fingerprint density at radius 2 is 1.89 bits per heavy atom. The van der Waals surface area contributed by atoms with Crippen LogP contribution in [0.2, 0.25) is 0 Å². The number of hydrogen-bond acceptors (Lipinski definition) is 5. The molecule has 0 aromatic heterocycles. The lowest BCUT2D eigenvalue weighted by molar-refractivity contribution is 0.151. The van der Waals surface area contributed by atoms with Crippen molar-refractivity contribution in [2.45, 2.75) is 25.3 Å². The molecule has 1 unspecified atom stereocenters. The van der Waals surface area contributed by atoms with E-state index in [1.165, 1.54) is 0 Å². The molecule has 0 spiro atoms. The van der Waals surface area contributed by atoms with E-state index >= 15 is 0 Å². The average Bonchev–Trinajstić information content (AvgIpc) is 2.40. The van der Waals surface area contributed by atoms with E-state index < -0.39 is 10.0 Å². The van der Waals surface area contributed by atoms with Gasteiger partial charge in [-0.3, -0.25) is 4.90 Å². The van der Waals surface area contributed by atoms with E-state index in [0.717, 1.165) is 38.9 Å². The highest BCUT2D eigenvalue weighted by atomic mass is 32.2. The van der Waals surface area contributed by atoms with E-state index in [1.807, 2.05) is 0 Å². The van der Waals surface area contributed by atoms with Gasteiger partial charge in [-0.1, -0.05) is 6.42 Å². The standard InChI is InChI=1S/C12H25N3O3S/c16-10-9-14-5-7-15(8-6-14)19(17,18)11-12-3-1-2-4-13-12/h12-13,16H,1-11H2. The third-order valence-electron chi connectivity index (χ3n) is 3.97. The molecule has 0 radical (unpaired) electrons. The zero-order valence-corrected chi connectivity index (χ0v) is 12.2. The van der Waals surface area contributed by atoms with Crippen LogP contribution < -0.4 is 5.32 Å². The van der Waals surface area contributed by atoms with Crippen molar-refractivity contribution in [1.82, 2.24) is 14.5 Å². The number of β-amino-alcohol motifs (C(OH)–C–C–N with tert-alkyl or cyclic N) is 1. The predicted molar refractivity (Wildman–Crippen MR) is 74.5 cm³/mol. The molecule has 0 aromatic rings. The number of aliphatic hydroxyl groups excluding tert-OH is 1. The van der Waals surface area contributed by atoms with Crippen LogP contribution in [0.3, 0.4) is 0 Å². The molecular formula is C12H25N3O3S. The first-order valence-electron chi connectivity index (χ1n) is 7.16. The molecule has 19 heavy (non-hydrogen) atoms. The Labute approximate surface area is 115 Å². The summed E-state index contributed by atoms with van der Waals surface area (Å²) in [6.45, 7) is 4.25. The van der Waals surface area contributed by atoms with Gasteiger partial charge in [-0.2, -0.15) is 4.31 Å².